The summed E-state index contributed by atoms with van der Waals surface area (Å²) in [7, 11) is 0. The van der Waals surface area contributed by atoms with Crippen LogP contribution in [0.4, 0.5) is 4.39 Å². The van der Waals surface area contributed by atoms with Gasteiger partial charge in [0.15, 0.2) is 0 Å². The number of halogens is 1. The average Bonchev–Trinajstić information content (AvgIpc) is 3.49. The van der Waals surface area contributed by atoms with E-state index >= 15 is 0 Å². The van der Waals surface area contributed by atoms with E-state index in [9.17, 15) is 9.18 Å². The average molecular weight is 467 g/mol. The molecule has 6 heteroatoms. The quantitative estimate of drug-likeness (QED) is 0.324. The van der Waals surface area contributed by atoms with Gasteiger partial charge < -0.3 is 14.9 Å². The minimum Gasteiger partial charge on any atom is -0.354 e. The van der Waals surface area contributed by atoms with E-state index < -0.39 is 0 Å². The van der Waals surface area contributed by atoms with E-state index in [0.717, 1.165) is 59.3 Å². The van der Waals surface area contributed by atoms with Crippen LogP contribution in [0.5, 0.6) is 0 Å². The number of aryl methyl sites for hydroxylation is 1. The Bertz CT molecular complexity index is 1500. The Kier molecular flexibility index (Phi) is 5.57. The number of piperidine rings is 1. The van der Waals surface area contributed by atoms with Crippen LogP contribution in [0, 0.1) is 5.82 Å². The number of aromatic nitrogens is 3. The van der Waals surface area contributed by atoms with Crippen molar-refractivity contribution < 1.29 is 9.18 Å². The van der Waals surface area contributed by atoms with Crippen molar-refractivity contribution in [2.75, 3.05) is 13.1 Å². The van der Waals surface area contributed by atoms with Crippen LogP contribution in [0.3, 0.4) is 0 Å². The lowest BCUT2D eigenvalue weighted by Crippen LogP contribution is -2.38. The Morgan fingerprint density at radius 3 is 2.69 bits per heavy atom. The van der Waals surface area contributed by atoms with Gasteiger partial charge in [-0.15, -0.1) is 0 Å². The SMILES string of the molecule is O=C(CCc1c(-c2ccccc2)[nH]c2ccc(F)cc12)N1CCC(c2c[nH]c3ncccc23)CC1. The van der Waals surface area contributed by atoms with Crippen molar-refractivity contribution in [3.8, 4) is 11.3 Å². The number of hydrogen-bond donors (Lipinski definition) is 2. The van der Waals surface area contributed by atoms with E-state index in [1.807, 2.05) is 41.3 Å². The van der Waals surface area contributed by atoms with Crippen LogP contribution in [0.2, 0.25) is 0 Å². The number of fused-ring (bicyclic) bond motifs is 2. The molecule has 0 radical (unpaired) electrons. The molecule has 1 aliphatic rings. The Balaban J connectivity index is 1.17. The summed E-state index contributed by atoms with van der Waals surface area (Å²) < 4.78 is 14.1. The molecule has 0 unspecified atom stereocenters. The topological polar surface area (TPSA) is 64.8 Å². The van der Waals surface area contributed by atoms with Gasteiger partial charge in [0.25, 0.3) is 0 Å². The summed E-state index contributed by atoms with van der Waals surface area (Å²) in [4.78, 5) is 26.3. The van der Waals surface area contributed by atoms with Crippen LogP contribution in [0.1, 0.15) is 36.3 Å². The zero-order valence-corrected chi connectivity index (χ0v) is 19.4. The first-order valence-electron chi connectivity index (χ1n) is 12.2. The highest BCUT2D eigenvalue weighted by Gasteiger charge is 2.26. The largest absolute Gasteiger partial charge is 0.354 e. The van der Waals surface area contributed by atoms with Crippen molar-refractivity contribution in [1.82, 2.24) is 19.9 Å². The molecule has 176 valence electrons. The lowest BCUT2D eigenvalue weighted by molar-refractivity contribution is -0.132. The maximum absolute atomic E-state index is 14.1. The molecule has 2 aromatic carbocycles. The van der Waals surface area contributed by atoms with Gasteiger partial charge in [-0.2, -0.15) is 0 Å². The predicted molar refractivity (Wildman–Crippen MR) is 137 cm³/mol. The monoisotopic (exact) mass is 466 g/mol. The highest BCUT2D eigenvalue weighted by molar-refractivity contribution is 5.91. The molecule has 4 heterocycles. The lowest BCUT2D eigenvalue weighted by atomic mass is 9.89. The maximum Gasteiger partial charge on any atom is 0.222 e. The highest BCUT2D eigenvalue weighted by atomic mass is 19.1. The second-order valence-electron chi connectivity index (χ2n) is 9.33. The second-order valence-corrected chi connectivity index (χ2v) is 9.33. The number of nitrogens with one attached hydrogen (secondary N) is 2. The normalized spacial score (nSPS) is 14.7. The van der Waals surface area contributed by atoms with E-state index in [1.165, 1.54) is 17.0 Å². The van der Waals surface area contributed by atoms with E-state index in [0.29, 0.717) is 18.8 Å². The number of carbonyl (C=O) groups excluding carboxylic acids is 1. The van der Waals surface area contributed by atoms with Gasteiger partial charge in [-0.05, 0) is 72.2 Å². The first kappa shape index (κ1) is 21.6. The standard InChI is InChI=1S/C29H27FN4O/c30-21-8-10-26-24(17-21)22(28(33-26)20-5-2-1-3-6-20)9-11-27(35)34-15-12-19(13-16-34)25-18-32-29-23(25)7-4-14-31-29/h1-8,10,14,17-19,33H,9,11-13,15-16H2,(H,31,32). The number of pyridine rings is 1. The fraction of sp³-hybridized carbons (Fsp3) is 0.241. The molecule has 0 atom stereocenters. The number of aromatic amines is 2. The van der Waals surface area contributed by atoms with Gasteiger partial charge in [-0.1, -0.05) is 30.3 Å². The molecule has 0 spiro atoms. The molecule has 5 nitrogen and oxygen atoms in total. The van der Waals surface area contributed by atoms with Crippen molar-refractivity contribution >= 4 is 27.8 Å². The van der Waals surface area contributed by atoms with Gasteiger partial charge in [-0.25, -0.2) is 9.37 Å². The molecule has 1 fully saturated rings. The highest BCUT2D eigenvalue weighted by Crippen LogP contribution is 2.34. The summed E-state index contributed by atoms with van der Waals surface area (Å²) >= 11 is 0. The predicted octanol–water partition coefficient (Wildman–Crippen LogP) is 6.19. The third-order valence-corrected chi connectivity index (χ3v) is 7.29. The zero-order valence-electron chi connectivity index (χ0n) is 19.4. The summed E-state index contributed by atoms with van der Waals surface area (Å²) in [5, 5.41) is 2.03. The van der Waals surface area contributed by atoms with Gasteiger partial charge in [-0.3, -0.25) is 4.79 Å². The molecule has 1 aliphatic heterocycles. The summed E-state index contributed by atoms with van der Waals surface area (Å²) in [5.41, 5.74) is 6.12. The lowest BCUT2D eigenvalue weighted by Gasteiger charge is -2.32. The third-order valence-electron chi connectivity index (χ3n) is 7.29. The van der Waals surface area contributed by atoms with E-state index in [1.54, 1.807) is 18.3 Å². The number of nitrogens with zero attached hydrogens (tertiary/aromatic N) is 2. The number of carbonyl (C=O) groups is 1. The second kappa shape index (κ2) is 9.02. The molecule has 5 aromatic rings. The molecule has 1 saturated heterocycles. The fourth-order valence-corrected chi connectivity index (χ4v) is 5.48. The molecule has 6 rings (SSSR count). The molecular formula is C29H27FN4O. The number of benzene rings is 2. The van der Waals surface area contributed by atoms with Crippen LogP contribution in [-0.2, 0) is 11.2 Å². The van der Waals surface area contributed by atoms with Crippen LogP contribution in [0.25, 0.3) is 33.2 Å². The number of rotatable bonds is 5. The van der Waals surface area contributed by atoms with Gasteiger partial charge in [0.05, 0.1) is 0 Å². The van der Waals surface area contributed by atoms with Crippen LogP contribution in [0.15, 0.2) is 73.1 Å². The third kappa shape index (κ3) is 4.09. The molecule has 1 amide bonds. The molecule has 0 bridgehead atoms. The van der Waals surface area contributed by atoms with E-state index in [-0.39, 0.29) is 11.7 Å². The number of H-pyrrole nitrogens is 2. The fourth-order valence-electron chi connectivity index (χ4n) is 5.48. The molecule has 2 N–H and O–H groups in total. The molecule has 35 heavy (non-hydrogen) atoms. The summed E-state index contributed by atoms with van der Waals surface area (Å²) in [5.74, 6) is 0.324. The number of likely N-dealkylation sites (tertiary alicyclic amines) is 1. The van der Waals surface area contributed by atoms with Gasteiger partial charge >= 0.3 is 0 Å². The summed E-state index contributed by atoms with van der Waals surface area (Å²) in [6.45, 7) is 1.51. The van der Waals surface area contributed by atoms with E-state index in [4.69, 9.17) is 0 Å². The van der Waals surface area contributed by atoms with Gasteiger partial charge in [0.1, 0.15) is 11.5 Å². The van der Waals surface area contributed by atoms with Crippen LogP contribution >= 0.6 is 0 Å². The Hall–Kier alpha value is -3.93. The number of amides is 1. The zero-order chi connectivity index (χ0) is 23.8. The van der Waals surface area contributed by atoms with Crippen molar-refractivity contribution in [2.24, 2.45) is 0 Å². The van der Waals surface area contributed by atoms with E-state index in [2.05, 4.69) is 27.2 Å². The maximum atomic E-state index is 14.1. The minimum absolute atomic E-state index is 0.161. The van der Waals surface area contributed by atoms with Crippen LogP contribution < -0.4 is 0 Å². The molecule has 3 aromatic heterocycles. The van der Waals surface area contributed by atoms with Crippen molar-refractivity contribution in [1.29, 1.82) is 0 Å². The Morgan fingerprint density at radius 1 is 1.03 bits per heavy atom. The smallest absolute Gasteiger partial charge is 0.222 e. The van der Waals surface area contributed by atoms with Gasteiger partial charge in [0.2, 0.25) is 5.91 Å². The van der Waals surface area contributed by atoms with Crippen molar-refractivity contribution in [2.45, 2.75) is 31.6 Å². The molecule has 0 saturated carbocycles. The summed E-state index contributed by atoms with van der Waals surface area (Å²) in [6.07, 6.45) is 6.74. The van der Waals surface area contributed by atoms with Crippen molar-refractivity contribution in [3.63, 3.8) is 0 Å². The minimum atomic E-state index is -0.266. The Labute approximate surface area is 203 Å². The molecule has 0 aliphatic carbocycles. The van der Waals surface area contributed by atoms with Gasteiger partial charge in [0, 0.05) is 53.9 Å². The summed E-state index contributed by atoms with van der Waals surface area (Å²) in [6, 6.07) is 18.9. The van der Waals surface area contributed by atoms with Crippen LogP contribution in [-0.4, -0.2) is 38.8 Å². The first-order valence-corrected chi connectivity index (χ1v) is 12.2. The number of hydrogen-bond acceptors (Lipinski definition) is 2. The van der Waals surface area contributed by atoms with Crippen molar-refractivity contribution in [3.05, 3.63) is 90.0 Å². The molecular weight excluding hydrogens is 439 g/mol. The Morgan fingerprint density at radius 2 is 1.86 bits per heavy atom. The first-order chi connectivity index (χ1) is 17.2.